The fraction of sp³-hybridized carbons (Fsp3) is 0.353. The number of hydrogen-bond donors (Lipinski definition) is 2. The van der Waals surface area contributed by atoms with Crippen LogP contribution in [0.3, 0.4) is 0 Å². The Hall–Kier alpha value is -2.67. The molecule has 3 rings (SSSR count). The zero-order valence-corrected chi connectivity index (χ0v) is 13.1. The maximum absolute atomic E-state index is 12.2. The largest absolute Gasteiger partial charge is 0.480 e. The highest BCUT2D eigenvalue weighted by molar-refractivity contribution is 5.83. The fourth-order valence-electron chi connectivity index (χ4n) is 2.64. The summed E-state index contributed by atoms with van der Waals surface area (Å²) in [5.74, 6) is -1.08. The minimum atomic E-state index is -1.08. The van der Waals surface area contributed by atoms with Crippen molar-refractivity contribution in [1.82, 2.24) is 15.2 Å². The molecule has 1 saturated heterocycles. The van der Waals surface area contributed by atoms with Crippen LogP contribution in [-0.2, 0) is 16.0 Å². The smallest absolute Gasteiger partial charge is 0.326 e. The number of ether oxygens (including phenoxy) is 1. The van der Waals surface area contributed by atoms with Gasteiger partial charge in [-0.1, -0.05) is 12.1 Å². The number of nitrogens with one attached hydrogen (secondary N) is 1. The number of pyridine rings is 1. The average Bonchev–Trinajstić information content (AvgIpc) is 2.61. The van der Waals surface area contributed by atoms with Gasteiger partial charge in [-0.05, 0) is 23.8 Å². The van der Waals surface area contributed by atoms with Crippen LogP contribution in [0.25, 0.3) is 10.9 Å². The Morgan fingerprint density at radius 1 is 1.38 bits per heavy atom. The highest BCUT2D eigenvalue weighted by atomic mass is 16.5. The fourth-order valence-corrected chi connectivity index (χ4v) is 2.64. The summed E-state index contributed by atoms with van der Waals surface area (Å²) in [7, 11) is 0. The van der Waals surface area contributed by atoms with E-state index < -0.39 is 18.0 Å². The summed E-state index contributed by atoms with van der Waals surface area (Å²) >= 11 is 0. The number of hydrogen-bond acceptors (Lipinski definition) is 4. The number of amides is 2. The van der Waals surface area contributed by atoms with E-state index in [1.54, 1.807) is 29.2 Å². The Morgan fingerprint density at radius 2 is 2.17 bits per heavy atom. The normalized spacial score (nSPS) is 16.5. The second-order valence-corrected chi connectivity index (χ2v) is 5.61. The van der Waals surface area contributed by atoms with Crippen molar-refractivity contribution in [3.8, 4) is 0 Å². The van der Waals surface area contributed by atoms with E-state index in [0.29, 0.717) is 31.8 Å². The Kier molecular flexibility index (Phi) is 4.51. The van der Waals surface area contributed by atoms with Crippen molar-refractivity contribution < 1.29 is 20.8 Å². The topological polar surface area (TPSA) is 91.8 Å². The summed E-state index contributed by atoms with van der Waals surface area (Å²) in [6.07, 6.45) is 0.353. The van der Waals surface area contributed by atoms with Crippen LogP contribution in [0.5, 0.6) is 0 Å². The van der Waals surface area contributed by atoms with E-state index in [2.05, 4.69) is 10.3 Å². The molecule has 1 aromatic heterocycles. The first kappa shape index (κ1) is 14.9. The van der Waals surface area contributed by atoms with Crippen LogP contribution in [-0.4, -0.2) is 59.3 Å². The number of urea groups is 1. The monoisotopic (exact) mass is 330 g/mol. The second kappa shape index (κ2) is 7.27. The Bertz CT molecular complexity index is 793. The summed E-state index contributed by atoms with van der Waals surface area (Å²) < 4.78 is 12.7. The molecule has 1 atom stereocenters. The van der Waals surface area contributed by atoms with Crippen LogP contribution in [0.1, 0.15) is 6.93 Å². The maximum atomic E-state index is 12.2. The zero-order chi connectivity index (χ0) is 17.8. The van der Waals surface area contributed by atoms with E-state index in [1.165, 1.54) is 0 Å². The SMILES string of the molecule is [2H]c1ccc2cc(C[C@H](NC(=O)N3CCOCC3)C(=O)O)ccc2n1. The van der Waals surface area contributed by atoms with Crippen LogP contribution in [0.15, 0.2) is 36.5 Å². The molecule has 7 heteroatoms. The molecule has 0 bridgehead atoms. The second-order valence-electron chi connectivity index (χ2n) is 5.61. The van der Waals surface area contributed by atoms with Gasteiger partial charge in [0.1, 0.15) is 6.04 Å². The number of fused-ring (bicyclic) bond motifs is 1. The molecule has 126 valence electrons. The molecule has 0 radical (unpaired) electrons. The summed E-state index contributed by atoms with van der Waals surface area (Å²) in [5.41, 5.74) is 1.46. The molecule has 1 fully saturated rings. The molecule has 2 N–H and O–H groups in total. The van der Waals surface area contributed by atoms with E-state index in [1.807, 2.05) is 6.07 Å². The third-order valence-corrected chi connectivity index (χ3v) is 3.95. The lowest BCUT2D eigenvalue weighted by Crippen LogP contribution is -2.51. The average molecular weight is 330 g/mol. The van der Waals surface area contributed by atoms with Gasteiger partial charge in [0.05, 0.1) is 20.1 Å². The van der Waals surface area contributed by atoms with Crippen molar-refractivity contribution in [3.63, 3.8) is 0 Å². The first-order chi connectivity index (χ1) is 12.0. The first-order valence-electron chi connectivity index (χ1n) is 8.25. The third-order valence-electron chi connectivity index (χ3n) is 3.95. The summed E-state index contributed by atoms with van der Waals surface area (Å²) in [4.78, 5) is 29.4. The number of rotatable bonds is 4. The summed E-state index contributed by atoms with van der Waals surface area (Å²) in [6.45, 7) is 1.83. The van der Waals surface area contributed by atoms with Gasteiger partial charge in [-0.3, -0.25) is 4.98 Å². The number of benzene rings is 1. The lowest BCUT2D eigenvalue weighted by molar-refractivity contribution is -0.139. The standard InChI is InChI=1S/C17H19N3O4/c21-16(22)15(19-17(23)20-6-8-24-9-7-20)11-12-3-4-14-13(10-12)2-1-5-18-14/h1-5,10,15H,6-9,11H2,(H,19,23)(H,21,22)/t15-/m0/s1/i5D. The van der Waals surface area contributed by atoms with Gasteiger partial charge in [-0.2, -0.15) is 0 Å². The van der Waals surface area contributed by atoms with E-state index in [4.69, 9.17) is 6.11 Å². The molecular formula is C17H19N3O4. The number of nitrogens with zero attached hydrogens (tertiary/aromatic N) is 2. The highest BCUT2D eigenvalue weighted by Crippen LogP contribution is 2.15. The molecule has 0 saturated carbocycles. The number of aliphatic carboxylic acids is 1. The van der Waals surface area contributed by atoms with Crippen LogP contribution in [0, 0.1) is 0 Å². The van der Waals surface area contributed by atoms with Crippen molar-refractivity contribution in [2.75, 3.05) is 26.3 Å². The van der Waals surface area contributed by atoms with Crippen LogP contribution in [0.2, 0.25) is 0 Å². The lowest BCUT2D eigenvalue weighted by Gasteiger charge is -2.28. The van der Waals surface area contributed by atoms with E-state index in [-0.39, 0.29) is 12.6 Å². The van der Waals surface area contributed by atoms with Crippen molar-refractivity contribution >= 4 is 22.9 Å². The number of carbonyl (C=O) groups is 2. The number of aromatic nitrogens is 1. The number of carboxylic acids is 1. The highest BCUT2D eigenvalue weighted by Gasteiger charge is 2.24. The minimum absolute atomic E-state index is 0.171. The van der Waals surface area contributed by atoms with E-state index >= 15 is 0 Å². The van der Waals surface area contributed by atoms with Crippen molar-refractivity contribution in [2.45, 2.75) is 12.5 Å². The van der Waals surface area contributed by atoms with Gasteiger partial charge < -0.3 is 20.1 Å². The molecule has 2 amide bonds. The van der Waals surface area contributed by atoms with Gasteiger partial charge in [0.15, 0.2) is 0 Å². The number of carboxylic acid groups (broad SMARTS) is 1. The quantitative estimate of drug-likeness (QED) is 0.881. The van der Waals surface area contributed by atoms with Crippen LogP contribution in [0.4, 0.5) is 4.79 Å². The molecule has 0 spiro atoms. The van der Waals surface area contributed by atoms with E-state index in [0.717, 1.165) is 10.9 Å². The van der Waals surface area contributed by atoms with Crippen LogP contribution < -0.4 is 5.32 Å². The molecule has 0 unspecified atom stereocenters. The molecule has 1 aliphatic heterocycles. The van der Waals surface area contributed by atoms with Gasteiger partial charge in [-0.15, -0.1) is 0 Å². The van der Waals surface area contributed by atoms with Crippen molar-refractivity contribution in [1.29, 1.82) is 0 Å². The Balaban J connectivity index is 1.71. The van der Waals surface area contributed by atoms with Gasteiger partial charge in [0.25, 0.3) is 0 Å². The Labute approximate surface area is 140 Å². The van der Waals surface area contributed by atoms with Crippen LogP contribution >= 0.6 is 0 Å². The molecule has 7 nitrogen and oxygen atoms in total. The van der Waals surface area contributed by atoms with Crippen molar-refractivity contribution in [2.24, 2.45) is 0 Å². The predicted molar refractivity (Wildman–Crippen MR) is 87.8 cm³/mol. The van der Waals surface area contributed by atoms with Gasteiger partial charge in [-0.25, -0.2) is 9.59 Å². The third kappa shape index (κ3) is 3.80. The predicted octanol–water partition coefficient (Wildman–Crippen LogP) is 1.27. The molecular weight excluding hydrogens is 310 g/mol. The lowest BCUT2D eigenvalue weighted by atomic mass is 10.0. The van der Waals surface area contributed by atoms with Gasteiger partial charge in [0, 0.05) is 31.1 Å². The molecule has 1 aliphatic rings. The van der Waals surface area contributed by atoms with Gasteiger partial charge in [0.2, 0.25) is 0 Å². The molecule has 24 heavy (non-hydrogen) atoms. The molecule has 0 aliphatic carbocycles. The summed E-state index contributed by atoms with van der Waals surface area (Å²) in [5, 5.41) is 12.8. The zero-order valence-electron chi connectivity index (χ0n) is 14.1. The summed E-state index contributed by atoms with van der Waals surface area (Å²) in [6, 6.07) is 7.31. The number of morpholine rings is 1. The van der Waals surface area contributed by atoms with Crippen molar-refractivity contribution in [3.05, 3.63) is 42.1 Å². The Morgan fingerprint density at radius 3 is 2.92 bits per heavy atom. The maximum Gasteiger partial charge on any atom is 0.326 e. The molecule has 2 heterocycles. The first-order valence-corrected chi connectivity index (χ1v) is 7.75. The minimum Gasteiger partial charge on any atom is -0.480 e. The molecule has 2 aromatic rings. The van der Waals surface area contributed by atoms with Gasteiger partial charge >= 0.3 is 12.0 Å². The van der Waals surface area contributed by atoms with E-state index in [9.17, 15) is 14.7 Å². The molecule has 1 aromatic carbocycles. The number of carbonyl (C=O) groups excluding carboxylic acids is 1.